The largest absolute Gasteiger partial charge is 0.197 e. The van der Waals surface area contributed by atoms with Gasteiger partial charge in [0.25, 0.3) is 0 Å². The topological polar surface area (TPSA) is 23.8 Å². The van der Waals surface area contributed by atoms with E-state index in [4.69, 9.17) is 5.26 Å². The molecule has 6 heavy (non-hydrogen) atoms. The summed E-state index contributed by atoms with van der Waals surface area (Å²) < 4.78 is 0. The van der Waals surface area contributed by atoms with Crippen LogP contribution in [0.4, 0.5) is 0 Å². The fourth-order valence-corrected chi connectivity index (χ4v) is 0.319. The van der Waals surface area contributed by atoms with E-state index in [0.717, 1.165) is 12.3 Å². The van der Waals surface area contributed by atoms with Gasteiger partial charge in [0.15, 0.2) is 0 Å². The molecular weight excluding hydrogens is 74.1 g/mol. The zero-order valence-electron chi connectivity index (χ0n) is 3.31. The summed E-state index contributed by atoms with van der Waals surface area (Å²) in [7, 11) is 0. The average molecular weight is 78.1 g/mol. The van der Waals surface area contributed by atoms with Crippen LogP contribution in [0.1, 0.15) is 6.42 Å². The van der Waals surface area contributed by atoms with Gasteiger partial charge in [-0.15, -0.1) is 0 Å². The van der Waals surface area contributed by atoms with E-state index in [1.807, 2.05) is 18.2 Å². The first kappa shape index (κ1) is 3.42. The molecule has 0 unspecified atom stereocenters. The first-order valence-corrected chi connectivity index (χ1v) is 1.86. The molecule has 0 aromatic carbocycles. The lowest BCUT2D eigenvalue weighted by Gasteiger charge is -2.03. The van der Waals surface area contributed by atoms with Gasteiger partial charge in [-0.3, -0.25) is 0 Å². The van der Waals surface area contributed by atoms with Crippen molar-refractivity contribution in [3.8, 4) is 6.07 Å². The van der Waals surface area contributed by atoms with E-state index < -0.39 is 0 Å². The minimum absolute atomic E-state index is 0.885. The third kappa shape index (κ3) is 0.307. The summed E-state index contributed by atoms with van der Waals surface area (Å²) in [4.78, 5) is 0. The van der Waals surface area contributed by atoms with Crippen LogP contribution in [-0.4, -0.2) is 0 Å². The molecule has 1 aliphatic carbocycles. The molecule has 0 aromatic rings. The van der Waals surface area contributed by atoms with Gasteiger partial charge in [-0.1, -0.05) is 12.2 Å². The van der Waals surface area contributed by atoms with Gasteiger partial charge >= 0.3 is 0 Å². The summed E-state index contributed by atoms with van der Waals surface area (Å²) in [6.07, 6.45) is 4.69. The molecule has 1 radical (unpaired) electrons. The maximum absolute atomic E-state index is 8.05. The van der Waals surface area contributed by atoms with E-state index in [1.54, 1.807) is 0 Å². The predicted octanol–water partition coefficient (Wildman–Crippen LogP) is 1.04. The standard InChI is InChI=1S/C5H4N/c6-4-5-2-1-3-5/h1-2H,3H2. The Morgan fingerprint density at radius 2 is 2.50 bits per heavy atom. The number of allylic oxidation sites excluding steroid dienone is 2. The van der Waals surface area contributed by atoms with E-state index in [-0.39, 0.29) is 0 Å². The molecule has 0 saturated carbocycles. The number of rotatable bonds is 0. The van der Waals surface area contributed by atoms with Crippen molar-refractivity contribution in [2.24, 2.45) is 0 Å². The third-order valence-corrected chi connectivity index (χ3v) is 0.800. The van der Waals surface area contributed by atoms with Gasteiger partial charge in [0, 0.05) is 0 Å². The Kier molecular flexibility index (Phi) is 0.648. The molecule has 0 saturated heterocycles. The molecule has 0 spiro atoms. The predicted molar refractivity (Wildman–Crippen MR) is 22.6 cm³/mol. The van der Waals surface area contributed by atoms with Crippen LogP contribution >= 0.6 is 0 Å². The smallest absolute Gasteiger partial charge is 0.101 e. The Hall–Kier alpha value is -0.770. The van der Waals surface area contributed by atoms with Crippen molar-refractivity contribution in [1.29, 1.82) is 5.26 Å². The minimum atomic E-state index is 0.885. The summed E-state index contributed by atoms with van der Waals surface area (Å²) in [5.74, 6) is 0.898. The summed E-state index contributed by atoms with van der Waals surface area (Å²) in [5, 5.41) is 8.05. The van der Waals surface area contributed by atoms with Crippen molar-refractivity contribution in [2.45, 2.75) is 6.42 Å². The van der Waals surface area contributed by atoms with Crippen LogP contribution in [0.25, 0.3) is 0 Å². The van der Waals surface area contributed by atoms with E-state index in [2.05, 4.69) is 0 Å². The molecule has 0 bridgehead atoms. The van der Waals surface area contributed by atoms with Crippen LogP contribution in [-0.2, 0) is 0 Å². The maximum atomic E-state index is 8.05. The lowest BCUT2D eigenvalue weighted by molar-refractivity contribution is 1.07. The molecule has 1 rings (SSSR count). The molecule has 0 aromatic heterocycles. The van der Waals surface area contributed by atoms with Crippen LogP contribution in [0.3, 0.4) is 0 Å². The molecule has 0 heterocycles. The summed E-state index contributed by atoms with van der Waals surface area (Å²) >= 11 is 0. The first-order valence-electron chi connectivity index (χ1n) is 1.86. The highest BCUT2D eigenvalue weighted by atomic mass is 14.3. The molecule has 0 N–H and O–H groups in total. The van der Waals surface area contributed by atoms with Crippen LogP contribution in [0, 0.1) is 17.2 Å². The fourth-order valence-electron chi connectivity index (χ4n) is 0.319. The highest BCUT2D eigenvalue weighted by Crippen LogP contribution is 2.16. The normalized spacial score (nSPS) is 19.2. The van der Waals surface area contributed by atoms with E-state index in [1.165, 1.54) is 0 Å². The quantitative estimate of drug-likeness (QED) is 0.424. The zero-order chi connectivity index (χ0) is 4.41. The summed E-state index contributed by atoms with van der Waals surface area (Å²) in [6, 6.07) is 2.03. The van der Waals surface area contributed by atoms with Gasteiger partial charge in [0.05, 0.1) is 6.07 Å². The molecule has 0 atom stereocenters. The van der Waals surface area contributed by atoms with Crippen molar-refractivity contribution in [2.75, 3.05) is 0 Å². The monoisotopic (exact) mass is 78.0 g/mol. The van der Waals surface area contributed by atoms with Gasteiger partial charge in [0.1, 0.15) is 5.92 Å². The molecule has 0 fully saturated rings. The molecular formula is C5H4N. The van der Waals surface area contributed by atoms with Gasteiger partial charge in [0.2, 0.25) is 0 Å². The van der Waals surface area contributed by atoms with Crippen molar-refractivity contribution in [1.82, 2.24) is 0 Å². The van der Waals surface area contributed by atoms with E-state index in [9.17, 15) is 0 Å². The van der Waals surface area contributed by atoms with Gasteiger partial charge in [-0.2, -0.15) is 5.26 Å². The average Bonchev–Trinajstić information content (AvgIpc) is 1.31. The van der Waals surface area contributed by atoms with E-state index in [0.29, 0.717) is 0 Å². The van der Waals surface area contributed by atoms with Gasteiger partial charge in [-0.25, -0.2) is 0 Å². The van der Waals surface area contributed by atoms with Crippen molar-refractivity contribution >= 4 is 0 Å². The Morgan fingerprint density at radius 1 is 1.83 bits per heavy atom. The van der Waals surface area contributed by atoms with E-state index >= 15 is 0 Å². The van der Waals surface area contributed by atoms with Crippen molar-refractivity contribution in [3.05, 3.63) is 18.1 Å². The zero-order valence-corrected chi connectivity index (χ0v) is 3.31. The highest BCUT2D eigenvalue weighted by Gasteiger charge is 2.06. The van der Waals surface area contributed by atoms with Crippen LogP contribution < -0.4 is 0 Å². The van der Waals surface area contributed by atoms with Gasteiger partial charge < -0.3 is 0 Å². The highest BCUT2D eigenvalue weighted by molar-refractivity contribution is 5.34. The third-order valence-electron chi connectivity index (χ3n) is 0.800. The Bertz CT molecular complexity index is 108. The molecule has 1 nitrogen and oxygen atoms in total. The SMILES string of the molecule is N#C[C]1C=CC1. The second-order valence-electron chi connectivity index (χ2n) is 1.24. The van der Waals surface area contributed by atoms with Crippen LogP contribution in [0.5, 0.6) is 0 Å². The Balaban J connectivity index is 2.46. The Labute approximate surface area is 36.9 Å². The number of hydrogen-bond donors (Lipinski definition) is 0. The second-order valence-corrected chi connectivity index (χ2v) is 1.24. The van der Waals surface area contributed by atoms with Crippen molar-refractivity contribution in [3.63, 3.8) is 0 Å². The molecule has 1 aliphatic rings. The lowest BCUT2D eigenvalue weighted by atomic mass is 9.98. The fraction of sp³-hybridized carbons (Fsp3) is 0.200. The number of hydrogen-bond acceptors (Lipinski definition) is 1. The minimum Gasteiger partial charge on any atom is -0.197 e. The second kappa shape index (κ2) is 1.14. The molecule has 29 valence electrons. The summed E-state index contributed by atoms with van der Waals surface area (Å²) in [6.45, 7) is 0. The van der Waals surface area contributed by atoms with Crippen LogP contribution in [0.2, 0.25) is 0 Å². The Morgan fingerprint density at radius 3 is 2.50 bits per heavy atom. The van der Waals surface area contributed by atoms with Crippen molar-refractivity contribution < 1.29 is 0 Å². The molecule has 0 aliphatic heterocycles. The molecule has 1 heteroatoms. The summed E-state index contributed by atoms with van der Waals surface area (Å²) in [5.41, 5.74) is 0. The first-order chi connectivity index (χ1) is 2.93. The van der Waals surface area contributed by atoms with Crippen LogP contribution in [0.15, 0.2) is 12.2 Å². The maximum Gasteiger partial charge on any atom is 0.101 e. The van der Waals surface area contributed by atoms with Gasteiger partial charge in [-0.05, 0) is 6.42 Å². The number of nitrogens with zero attached hydrogens (tertiary/aromatic N) is 1. The number of nitriles is 1. The lowest BCUT2D eigenvalue weighted by Crippen LogP contribution is -1.93. The molecule has 0 amide bonds.